The molecule has 0 aliphatic rings. The van der Waals surface area contributed by atoms with Crippen LogP contribution in [0.3, 0.4) is 0 Å². The highest BCUT2D eigenvalue weighted by atomic mass is 32.1. The summed E-state index contributed by atoms with van der Waals surface area (Å²) in [7, 11) is 0. The summed E-state index contributed by atoms with van der Waals surface area (Å²) in [6, 6.07) is 8.47. The number of nitrogens with one attached hydrogen (secondary N) is 1. The van der Waals surface area contributed by atoms with Crippen molar-refractivity contribution < 1.29 is 0 Å². The average Bonchev–Trinajstić information content (AvgIpc) is 2.77. The molecule has 0 spiro atoms. The van der Waals surface area contributed by atoms with Crippen LogP contribution >= 0.6 is 11.3 Å². The minimum absolute atomic E-state index is 0.146. The maximum Gasteiger partial charge on any atom is 0.0981 e. The number of nitrogens with zero attached hydrogens (tertiary/aromatic N) is 1. The van der Waals surface area contributed by atoms with Crippen molar-refractivity contribution in [3.8, 4) is 0 Å². The predicted molar refractivity (Wildman–Crippen MR) is 79.3 cm³/mol. The van der Waals surface area contributed by atoms with Gasteiger partial charge in [-0.05, 0) is 19.1 Å². The molecule has 18 heavy (non-hydrogen) atoms. The largest absolute Gasteiger partial charge is 0.380 e. The van der Waals surface area contributed by atoms with Gasteiger partial charge in [0.05, 0.1) is 11.6 Å². The third-order valence-corrected chi connectivity index (χ3v) is 4.14. The Labute approximate surface area is 113 Å². The number of hydrogen-bond acceptors (Lipinski definition) is 3. The number of thiazole rings is 1. The minimum atomic E-state index is 0.146. The Morgan fingerprint density at radius 1 is 1.17 bits per heavy atom. The molecule has 1 aromatic heterocycles. The van der Waals surface area contributed by atoms with E-state index in [0.717, 1.165) is 12.2 Å². The molecule has 2 nitrogen and oxygen atoms in total. The van der Waals surface area contributed by atoms with Crippen molar-refractivity contribution in [3.63, 3.8) is 0 Å². The molecule has 0 amide bonds. The molecule has 0 fully saturated rings. The molecule has 0 saturated carbocycles. The summed E-state index contributed by atoms with van der Waals surface area (Å²) < 4.78 is 0. The number of anilines is 1. The molecule has 0 atom stereocenters. The maximum absolute atomic E-state index is 4.49. The molecule has 96 valence electrons. The second-order valence-corrected chi connectivity index (χ2v) is 6.72. The molecular weight excluding hydrogens is 240 g/mol. The van der Waals surface area contributed by atoms with Gasteiger partial charge in [0.25, 0.3) is 0 Å². The first-order chi connectivity index (χ1) is 8.45. The van der Waals surface area contributed by atoms with Gasteiger partial charge in [-0.2, -0.15) is 0 Å². The van der Waals surface area contributed by atoms with Crippen LogP contribution in [0.1, 0.15) is 36.2 Å². The van der Waals surface area contributed by atoms with Gasteiger partial charge in [-0.15, -0.1) is 11.3 Å². The molecule has 3 heteroatoms. The zero-order valence-electron chi connectivity index (χ0n) is 11.4. The second kappa shape index (κ2) is 5.11. The Kier molecular flexibility index (Phi) is 3.71. The van der Waals surface area contributed by atoms with Gasteiger partial charge in [0, 0.05) is 22.2 Å². The Hall–Kier alpha value is -1.35. The van der Waals surface area contributed by atoms with Crippen LogP contribution in [0.15, 0.2) is 30.5 Å². The van der Waals surface area contributed by atoms with Gasteiger partial charge in [-0.3, -0.25) is 0 Å². The van der Waals surface area contributed by atoms with Gasteiger partial charge in [-0.1, -0.05) is 38.5 Å². The van der Waals surface area contributed by atoms with Crippen LogP contribution in [0.4, 0.5) is 5.69 Å². The summed E-state index contributed by atoms with van der Waals surface area (Å²) in [5, 5.41) is 4.62. The molecule has 1 heterocycles. The molecule has 0 unspecified atom stereocenters. The minimum Gasteiger partial charge on any atom is -0.380 e. The fourth-order valence-electron chi connectivity index (χ4n) is 1.60. The molecule has 2 aromatic rings. The van der Waals surface area contributed by atoms with E-state index in [9.17, 15) is 0 Å². The predicted octanol–water partition coefficient (Wildman–Crippen LogP) is 4.36. The molecule has 0 radical (unpaired) electrons. The summed E-state index contributed by atoms with van der Waals surface area (Å²) >= 11 is 1.79. The lowest BCUT2D eigenvalue weighted by molar-refractivity contribution is 0.585. The summed E-state index contributed by atoms with van der Waals surface area (Å²) in [6.45, 7) is 9.54. The van der Waals surface area contributed by atoms with Crippen LogP contribution in [0, 0.1) is 6.92 Å². The van der Waals surface area contributed by atoms with E-state index in [1.165, 1.54) is 15.4 Å². The van der Waals surface area contributed by atoms with Crippen molar-refractivity contribution in [2.24, 2.45) is 0 Å². The topological polar surface area (TPSA) is 24.9 Å². The maximum atomic E-state index is 4.49. The van der Waals surface area contributed by atoms with Gasteiger partial charge >= 0.3 is 0 Å². The van der Waals surface area contributed by atoms with Crippen molar-refractivity contribution in [2.75, 3.05) is 5.32 Å². The van der Waals surface area contributed by atoms with Gasteiger partial charge in [0.2, 0.25) is 0 Å². The van der Waals surface area contributed by atoms with E-state index >= 15 is 0 Å². The third-order valence-electron chi connectivity index (χ3n) is 2.71. The van der Waals surface area contributed by atoms with E-state index in [-0.39, 0.29) is 5.41 Å². The van der Waals surface area contributed by atoms with Crippen molar-refractivity contribution in [1.29, 1.82) is 0 Å². The summed E-state index contributed by atoms with van der Waals surface area (Å²) in [4.78, 5) is 5.77. The van der Waals surface area contributed by atoms with Gasteiger partial charge < -0.3 is 5.32 Å². The molecule has 0 bridgehead atoms. The summed E-state index contributed by atoms with van der Waals surface area (Å²) in [6.07, 6.45) is 1.98. The van der Waals surface area contributed by atoms with E-state index in [0.29, 0.717) is 0 Å². The van der Waals surface area contributed by atoms with Gasteiger partial charge in [0.15, 0.2) is 0 Å². The first-order valence-electron chi connectivity index (χ1n) is 6.21. The quantitative estimate of drug-likeness (QED) is 0.887. The first kappa shape index (κ1) is 13.1. The van der Waals surface area contributed by atoms with Crippen LogP contribution < -0.4 is 5.32 Å². The third kappa shape index (κ3) is 3.33. The molecular formula is C15H20N2S. The monoisotopic (exact) mass is 260 g/mol. The number of rotatable bonds is 3. The van der Waals surface area contributed by atoms with E-state index < -0.39 is 0 Å². The van der Waals surface area contributed by atoms with E-state index in [1.54, 1.807) is 11.3 Å². The molecule has 1 N–H and O–H groups in total. The lowest BCUT2D eigenvalue weighted by Crippen LogP contribution is -2.09. The summed E-state index contributed by atoms with van der Waals surface area (Å²) in [5.41, 5.74) is 2.59. The fourth-order valence-corrected chi connectivity index (χ4v) is 2.51. The van der Waals surface area contributed by atoms with Crippen molar-refractivity contribution in [3.05, 3.63) is 45.9 Å². The zero-order chi connectivity index (χ0) is 13.2. The van der Waals surface area contributed by atoms with Crippen LogP contribution in [0.2, 0.25) is 0 Å². The fraction of sp³-hybridized carbons (Fsp3) is 0.400. The van der Waals surface area contributed by atoms with E-state index in [2.05, 4.69) is 62.3 Å². The number of aromatic nitrogens is 1. The zero-order valence-corrected chi connectivity index (χ0v) is 12.3. The van der Waals surface area contributed by atoms with Gasteiger partial charge in [-0.25, -0.2) is 4.98 Å². The number of hydrogen-bond donors (Lipinski definition) is 1. The Morgan fingerprint density at radius 3 is 2.39 bits per heavy atom. The lowest BCUT2D eigenvalue weighted by atomic mass is 9.98. The van der Waals surface area contributed by atoms with E-state index in [1.807, 2.05) is 6.20 Å². The molecule has 1 aromatic carbocycles. The van der Waals surface area contributed by atoms with Crippen molar-refractivity contribution in [1.82, 2.24) is 4.98 Å². The standard InChI is InChI=1S/C15H20N2S/c1-11-5-7-12(8-6-11)16-9-13-10-17-14(18-13)15(2,3)4/h5-8,10,16H,9H2,1-4H3. The second-order valence-electron chi connectivity index (χ2n) is 5.60. The van der Waals surface area contributed by atoms with Crippen LogP contribution in [-0.2, 0) is 12.0 Å². The van der Waals surface area contributed by atoms with Gasteiger partial charge in [0.1, 0.15) is 0 Å². The smallest absolute Gasteiger partial charge is 0.0981 e. The molecule has 2 rings (SSSR count). The number of aryl methyl sites for hydroxylation is 1. The highest BCUT2D eigenvalue weighted by Crippen LogP contribution is 2.27. The summed E-state index contributed by atoms with van der Waals surface area (Å²) in [5.74, 6) is 0. The highest BCUT2D eigenvalue weighted by molar-refractivity contribution is 7.11. The van der Waals surface area contributed by atoms with Crippen LogP contribution in [-0.4, -0.2) is 4.98 Å². The Morgan fingerprint density at radius 2 is 1.83 bits per heavy atom. The van der Waals surface area contributed by atoms with Crippen molar-refractivity contribution >= 4 is 17.0 Å². The molecule has 0 saturated heterocycles. The Balaban J connectivity index is 1.98. The molecule has 0 aliphatic carbocycles. The SMILES string of the molecule is Cc1ccc(NCc2cnc(C(C)(C)C)s2)cc1. The highest BCUT2D eigenvalue weighted by Gasteiger charge is 2.17. The average molecular weight is 260 g/mol. The molecule has 0 aliphatic heterocycles. The first-order valence-corrected chi connectivity index (χ1v) is 7.02. The Bertz CT molecular complexity index is 506. The van der Waals surface area contributed by atoms with Crippen LogP contribution in [0.5, 0.6) is 0 Å². The number of benzene rings is 1. The lowest BCUT2D eigenvalue weighted by Gasteiger charge is -2.13. The van der Waals surface area contributed by atoms with E-state index in [4.69, 9.17) is 0 Å². The van der Waals surface area contributed by atoms with Crippen LogP contribution in [0.25, 0.3) is 0 Å². The van der Waals surface area contributed by atoms with Crippen molar-refractivity contribution in [2.45, 2.75) is 39.7 Å². The normalized spacial score (nSPS) is 11.6.